The number of carbonyl (C=O) groups excluding carboxylic acids is 1. The molecule has 0 aliphatic rings. The minimum atomic E-state index is 0.0132. The normalized spacial score (nSPS) is 10.2. The Balaban J connectivity index is 2.17. The van der Waals surface area contributed by atoms with Crippen LogP contribution >= 0.6 is 0 Å². The summed E-state index contributed by atoms with van der Waals surface area (Å²) in [5, 5.41) is 0. The van der Waals surface area contributed by atoms with Crippen molar-refractivity contribution in [1.82, 2.24) is 4.98 Å². The van der Waals surface area contributed by atoms with Crippen molar-refractivity contribution in [2.45, 2.75) is 13.3 Å². The maximum atomic E-state index is 12.0. The van der Waals surface area contributed by atoms with E-state index >= 15 is 0 Å². The lowest BCUT2D eigenvalue weighted by atomic mass is 10.0. The van der Waals surface area contributed by atoms with Gasteiger partial charge in [-0.05, 0) is 30.2 Å². The largest absolute Gasteiger partial charge is 0.397 e. The molecule has 2 rings (SSSR count). The second kappa shape index (κ2) is 4.78. The Bertz CT molecular complexity index is 532. The van der Waals surface area contributed by atoms with Gasteiger partial charge in [0.2, 0.25) is 0 Å². The van der Waals surface area contributed by atoms with Crippen molar-refractivity contribution in [2.24, 2.45) is 0 Å². The number of nitrogen functional groups attached to an aromatic ring is 1. The summed E-state index contributed by atoms with van der Waals surface area (Å²) < 4.78 is 0. The number of nitrogens with zero attached hydrogens (tertiary/aromatic N) is 1. The summed E-state index contributed by atoms with van der Waals surface area (Å²) in [6, 6.07) is 11.2. The van der Waals surface area contributed by atoms with Crippen LogP contribution in [0.15, 0.2) is 42.6 Å². The maximum Gasteiger partial charge on any atom is 0.185 e. The van der Waals surface area contributed by atoms with Gasteiger partial charge in [0, 0.05) is 6.42 Å². The van der Waals surface area contributed by atoms with Gasteiger partial charge in [0.1, 0.15) is 5.69 Å². The molecule has 2 aromatic rings. The van der Waals surface area contributed by atoms with Gasteiger partial charge in [0.05, 0.1) is 11.9 Å². The second-order valence-corrected chi connectivity index (χ2v) is 4.00. The fourth-order valence-electron chi connectivity index (χ4n) is 1.64. The number of nitrogens with two attached hydrogens (primary N) is 1. The van der Waals surface area contributed by atoms with Gasteiger partial charge in [-0.1, -0.05) is 24.3 Å². The zero-order chi connectivity index (χ0) is 12.3. The Morgan fingerprint density at radius 1 is 1.24 bits per heavy atom. The van der Waals surface area contributed by atoms with Gasteiger partial charge in [0.15, 0.2) is 5.78 Å². The lowest BCUT2D eigenvalue weighted by molar-refractivity contribution is 0.0988. The average Bonchev–Trinajstić information content (AvgIpc) is 2.33. The lowest BCUT2D eigenvalue weighted by Crippen LogP contribution is -2.07. The minimum absolute atomic E-state index is 0.0132. The molecule has 0 saturated carbocycles. The lowest BCUT2D eigenvalue weighted by Gasteiger charge is -2.04. The molecule has 0 atom stereocenters. The van der Waals surface area contributed by atoms with Crippen molar-refractivity contribution in [2.75, 3.05) is 5.73 Å². The molecule has 0 fully saturated rings. The molecule has 0 spiro atoms. The van der Waals surface area contributed by atoms with Crippen LogP contribution in [-0.2, 0) is 6.42 Å². The van der Waals surface area contributed by atoms with Gasteiger partial charge < -0.3 is 5.73 Å². The van der Waals surface area contributed by atoms with E-state index in [0.717, 1.165) is 11.1 Å². The Labute approximate surface area is 100 Å². The van der Waals surface area contributed by atoms with E-state index < -0.39 is 0 Å². The standard InChI is InChI=1S/C14H14N2O/c1-10-4-2-3-5-11(10)8-14(17)13-7-6-12(15)9-16-13/h2-7,9H,8,15H2,1H3. The average molecular weight is 226 g/mol. The fraction of sp³-hybridized carbons (Fsp3) is 0.143. The quantitative estimate of drug-likeness (QED) is 0.817. The van der Waals surface area contributed by atoms with Crippen LogP contribution in [0.1, 0.15) is 21.6 Å². The van der Waals surface area contributed by atoms with E-state index in [0.29, 0.717) is 17.8 Å². The number of benzene rings is 1. The first kappa shape index (κ1) is 11.3. The van der Waals surface area contributed by atoms with E-state index in [1.54, 1.807) is 12.1 Å². The van der Waals surface area contributed by atoms with Crippen molar-refractivity contribution in [3.05, 3.63) is 59.4 Å². The molecule has 1 aromatic carbocycles. The highest BCUT2D eigenvalue weighted by atomic mass is 16.1. The zero-order valence-corrected chi connectivity index (χ0v) is 9.68. The SMILES string of the molecule is Cc1ccccc1CC(=O)c1ccc(N)cn1. The molecule has 0 aliphatic heterocycles. The van der Waals surface area contributed by atoms with Crippen molar-refractivity contribution in [3.8, 4) is 0 Å². The third-order valence-electron chi connectivity index (χ3n) is 2.68. The molecule has 1 aromatic heterocycles. The number of rotatable bonds is 3. The third kappa shape index (κ3) is 2.69. The summed E-state index contributed by atoms with van der Waals surface area (Å²) in [4.78, 5) is 16.0. The van der Waals surface area contributed by atoms with Gasteiger partial charge in [-0.15, -0.1) is 0 Å². The summed E-state index contributed by atoms with van der Waals surface area (Å²) in [6.07, 6.45) is 1.88. The summed E-state index contributed by atoms with van der Waals surface area (Å²) in [5.74, 6) is 0.0132. The van der Waals surface area contributed by atoms with Crippen LogP contribution in [0, 0.1) is 6.92 Å². The molecular weight excluding hydrogens is 212 g/mol. The van der Waals surface area contributed by atoms with Crippen LogP contribution in [-0.4, -0.2) is 10.8 Å². The van der Waals surface area contributed by atoms with Crippen LogP contribution in [0.25, 0.3) is 0 Å². The molecule has 17 heavy (non-hydrogen) atoms. The molecule has 1 heterocycles. The Morgan fingerprint density at radius 3 is 2.65 bits per heavy atom. The van der Waals surface area contributed by atoms with Crippen molar-refractivity contribution < 1.29 is 4.79 Å². The minimum Gasteiger partial charge on any atom is -0.397 e. The van der Waals surface area contributed by atoms with Gasteiger partial charge in [-0.2, -0.15) is 0 Å². The first-order valence-corrected chi connectivity index (χ1v) is 5.46. The highest BCUT2D eigenvalue weighted by Crippen LogP contribution is 2.11. The molecule has 0 unspecified atom stereocenters. The van der Waals surface area contributed by atoms with E-state index in [1.165, 1.54) is 6.20 Å². The van der Waals surface area contributed by atoms with E-state index in [2.05, 4.69) is 4.98 Å². The highest BCUT2D eigenvalue weighted by Gasteiger charge is 2.09. The first-order chi connectivity index (χ1) is 8.16. The van der Waals surface area contributed by atoms with Crippen molar-refractivity contribution in [3.63, 3.8) is 0 Å². The molecular formula is C14H14N2O. The molecule has 0 bridgehead atoms. The molecule has 0 aliphatic carbocycles. The molecule has 2 N–H and O–H groups in total. The van der Waals surface area contributed by atoms with Crippen molar-refractivity contribution >= 4 is 11.5 Å². The summed E-state index contributed by atoms with van der Waals surface area (Å²) in [6.45, 7) is 2.00. The first-order valence-electron chi connectivity index (χ1n) is 5.46. The second-order valence-electron chi connectivity index (χ2n) is 4.00. The van der Waals surface area contributed by atoms with Gasteiger partial charge >= 0.3 is 0 Å². The summed E-state index contributed by atoms with van der Waals surface area (Å²) in [7, 11) is 0. The van der Waals surface area contributed by atoms with E-state index in [4.69, 9.17) is 5.73 Å². The summed E-state index contributed by atoms with van der Waals surface area (Å²) >= 11 is 0. The van der Waals surface area contributed by atoms with Crippen molar-refractivity contribution in [1.29, 1.82) is 0 Å². The molecule has 3 heteroatoms. The highest BCUT2D eigenvalue weighted by molar-refractivity contribution is 5.96. The van der Waals surface area contributed by atoms with Crippen LogP contribution in [0.3, 0.4) is 0 Å². The monoisotopic (exact) mass is 226 g/mol. The fourth-order valence-corrected chi connectivity index (χ4v) is 1.64. The third-order valence-corrected chi connectivity index (χ3v) is 2.68. The topological polar surface area (TPSA) is 56.0 Å². The van der Waals surface area contributed by atoms with Crippen LogP contribution in [0.4, 0.5) is 5.69 Å². The number of carbonyl (C=O) groups is 1. The number of anilines is 1. The number of pyridine rings is 1. The Hall–Kier alpha value is -2.16. The number of ketones is 1. The summed E-state index contributed by atoms with van der Waals surface area (Å²) in [5.41, 5.74) is 8.72. The molecule has 0 radical (unpaired) electrons. The molecule has 0 amide bonds. The van der Waals surface area contributed by atoms with Gasteiger partial charge in [0.25, 0.3) is 0 Å². The smallest absolute Gasteiger partial charge is 0.185 e. The molecule has 86 valence electrons. The van der Waals surface area contributed by atoms with Crippen LogP contribution in [0.5, 0.6) is 0 Å². The number of hydrogen-bond acceptors (Lipinski definition) is 3. The van der Waals surface area contributed by atoms with Crippen LogP contribution < -0.4 is 5.73 Å². The van der Waals surface area contributed by atoms with Gasteiger partial charge in [-0.3, -0.25) is 9.78 Å². The number of Topliss-reactive ketones (excluding diaryl/α,β-unsaturated/α-hetero) is 1. The van der Waals surface area contributed by atoms with Gasteiger partial charge in [-0.25, -0.2) is 0 Å². The predicted molar refractivity (Wildman–Crippen MR) is 67.9 cm³/mol. The Morgan fingerprint density at radius 2 is 2.00 bits per heavy atom. The van der Waals surface area contributed by atoms with E-state index in [1.807, 2.05) is 31.2 Å². The predicted octanol–water partition coefficient (Wildman–Crippen LogP) is 2.40. The number of aryl methyl sites for hydroxylation is 1. The van der Waals surface area contributed by atoms with Crippen LogP contribution in [0.2, 0.25) is 0 Å². The van der Waals surface area contributed by atoms with E-state index in [-0.39, 0.29) is 5.78 Å². The van der Waals surface area contributed by atoms with E-state index in [9.17, 15) is 4.79 Å². The number of aromatic nitrogens is 1. The Kier molecular flexibility index (Phi) is 3.19. The molecule has 3 nitrogen and oxygen atoms in total. The number of hydrogen-bond donors (Lipinski definition) is 1. The zero-order valence-electron chi connectivity index (χ0n) is 9.68. The molecule has 0 saturated heterocycles. The maximum absolute atomic E-state index is 12.0.